The first-order valence-corrected chi connectivity index (χ1v) is 8.08. The molecule has 0 radical (unpaired) electrons. The van der Waals surface area contributed by atoms with Gasteiger partial charge in [-0.3, -0.25) is 0 Å². The van der Waals surface area contributed by atoms with E-state index in [1.807, 2.05) is 19.9 Å². The zero-order valence-electron chi connectivity index (χ0n) is 13.7. The van der Waals surface area contributed by atoms with Gasteiger partial charge >= 0.3 is 0 Å². The molecule has 2 rings (SSSR count). The van der Waals surface area contributed by atoms with Gasteiger partial charge in [0.15, 0.2) is 0 Å². The second-order valence-corrected chi connectivity index (χ2v) is 5.94. The Hall–Kier alpha value is -1.36. The average molecular weight is 292 g/mol. The van der Waals surface area contributed by atoms with Crippen molar-refractivity contribution >= 4 is 5.82 Å². The van der Waals surface area contributed by atoms with Crippen LogP contribution in [0.25, 0.3) is 0 Å². The lowest BCUT2D eigenvalue weighted by atomic mass is 10.0. The average Bonchev–Trinajstić information content (AvgIpc) is 2.45. The highest BCUT2D eigenvalue weighted by molar-refractivity contribution is 5.43. The maximum Gasteiger partial charge on any atom is 0.218 e. The van der Waals surface area contributed by atoms with Gasteiger partial charge in [0.1, 0.15) is 11.6 Å². The van der Waals surface area contributed by atoms with E-state index >= 15 is 0 Å². The summed E-state index contributed by atoms with van der Waals surface area (Å²) in [6.07, 6.45) is 3.85. The van der Waals surface area contributed by atoms with Crippen molar-refractivity contribution < 1.29 is 4.74 Å². The predicted octanol–water partition coefficient (Wildman–Crippen LogP) is 2.54. The molecule has 1 aliphatic heterocycles. The van der Waals surface area contributed by atoms with E-state index in [4.69, 9.17) is 4.74 Å². The van der Waals surface area contributed by atoms with Crippen molar-refractivity contribution in [2.45, 2.75) is 59.0 Å². The molecule has 0 amide bonds. The molecule has 0 bridgehead atoms. The second kappa shape index (κ2) is 7.59. The summed E-state index contributed by atoms with van der Waals surface area (Å²) in [6.45, 7) is 11.1. The number of anilines is 1. The maximum atomic E-state index is 5.55. The quantitative estimate of drug-likeness (QED) is 0.873. The molecule has 0 saturated carbocycles. The molecule has 1 N–H and O–H groups in total. The van der Waals surface area contributed by atoms with Crippen molar-refractivity contribution in [2.24, 2.45) is 0 Å². The molecule has 1 aliphatic rings. The van der Waals surface area contributed by atoms with Gasteiger partial charge in [-0.15, -0.1) is 0 Å². The van der Waals surface area contributed by atoms with E-state index in [0.717, 1.165) is 24.7 Å². The van der Waals surface area contributed by atoms with Crippen LogP contribution in [-0.4, -0.2) is 41.7 Å². The molecule has 0 aromatic carbocycles. The summed E-state index contributed by atoms with van der Waals surface area (Å²) in [5, 5.41) is 3.61. The highest BCUT2D eigenvalue weighted by atomic mass is 16.5. The van der Waals surface area contributed by atoms with Gasteiger partial charge in [0, 0.05) is 24.7 Å². The van der Waals surface area contributed by atoms with Crippen LogP contribution in [0, 0.1) is 6.92 Å². The molecule has 5 nitrogen and oxygen atoms in total. The SMILES string of the molecule is CCOc1cc(N(CC2CCCCN2)C(C)C)nc(C)n1. The Labute approximate surface area is 128 Å². The Kier molecular flexibility index (Phi) is 5.79. The maximum absolute atomic E-state index is 5.55. The normalized spacial score (nSPS) is 18.8. The van der Waals surface area contributed by atoms with E-state index in [1.54, 1.807) is 0 Å². The lowest BCUT2D eigenvalue weighted by Crippen LogP contribution is -2.46. The van der Waals surface area contributed by atoms with Gasteiger partial charge in [-0.25, -0.2) is 4.98 Å². The van der Waals surface area contributed by atoms with E-state index in [1.165, 1.54) is 19.3 Å². The van der Waals surface area contributed by atoms with E-state index in [9.17, 15) is 0 Å². The third kappa shape index (κ3) is 4.56. The number of aryl methyl sites for hydroxylation is 1. The summed E-state index contributed by atoms with van der Waals surface area (Å²) in [4.78, 5) is 11.3. The molecule has 1 saturated heterocycles. The van der Waals surface area contributed by atoms with Crippen LogP contribution in [-0.2, 0) is 0 Å². The fourth-order valence-corrected chi connectivity index (χ4v) is 2.78. The first-order valence-electron chi connectivity index (χ1n) is 8.08. The highest BCUT2D eigenvalue weighted by Crippen LogP contribution is 2.21. The molecular weight excluding hydrogens is 264 g/mol. The topological polar surface area (TPSA) is 50.3 Å². The van der Waals surface area contributed by atoms with E-state index < -0.39 is 0 Å². The van der Waals surface area contributed by atoms with Crippen LogP contribution in [0.1, 0.15) is 45.9 Å². The molecule has 1 aromatic rings. The zero-order valence-corrected chi connectivity index (χ0v) is 13.7. The Balaban J connectivity index is 2.16. The van der Waals surface area contributed by atoms with E-state index in [-0.39, 0.29) is 0 Å². The predicted molar refractivity (Wildman–Crippen MR) is 86.1 cm³/mol. The number of ether oxygens (including phenoxy) is 1. The summed E-state index contributed by atoms with van der Waals surface area (Å²) in [7, 11) is 0. The fourth-order valence-electron chi connectivity index (χ4n) is 2.78. The molecule has 21 heavy (non-hydrogen) atoms. The number of piperidine rings is 1. The van der Waals surface area contributed by atoms with E-state index in [0.29, 0.717) is 24.6 Å². The van der Waals surface area contributed by atoms with Crippen LogP contribution >= 0.6 is 0 Å². The minimum atomic E-state index is 0.400. The van der Waals surface area contributed by atoms with Gasteiger partial charge in [-0.1, -0.05) is 6.42 Å². The lowest BCUT2D eigenvalue weighted by molar-refractivity contribution is 0.325. The van der Waals surface area contributed by atoms with Crippen molar-refractivity contribution in [2.75, 3.05) is 24.6 Å². The van der Waals surface area contributed by atoms with Gasteiger partial charge in [0.2, 0.25) is 5.88 Å². The minimum absolute atomic E-state index is 0.400. The monoisotopic (exact) mass is 292 g/mol. The number of nitrogens with one attached hydrogen (secondary N) is 1. The Bertz CT molecular complexity index is 444. The van der Waals surface area contributed by atoms with Crippen molar-refractivity contribution in [3.05, 3.63) is 11.9 Å². The number of nitrogens with zero attached hydrogens (tertiary/aromatic N) is 3. The van der Waals surface area contributed by atoms with Crippen molar-refractivity contribution in [1.82, 2.24) is 15.3 Å². The van der Waals surface area contributed by atoms with Crippen molar-refractivity contribution in [1.29, 1.82) is 0 Å². The number of hydrogen-bond acceptors (Lipinski definition) is 5. The third-order valence-corrected chi connectivity index (χ3v) is 3.84. The molecule has 1 fully saturated rings. The fraction of sp³-hybridized carbons (Fsp3) is 0.750. The summed E-state index contributed by atoms with van der Waals surface area (Å²) >= 11 is 0. The summed E-state index contributed by atoms with van der Waals surface area (Å²) < 4.78 is 5.55. The number of aromatic nitrogens is 2. The van der Waals surface area contributed by atoms with Gasteiger partial charge in [0.05, 0.1) is 6.61 Å². The molecule has 0 aliphatic carbocycles. The smallest absolute Gasteiger partial charge is 0.218 e. The molecular formula is C16H28N4O. The Morgan fingerprint density at radius 1 is 1.38 bits per heavy atom. The van der Waals surface area contributed by atoms with Gasteiger partial charge in [-0.2, -0.15) is 4.98 Å². The minimum Gasteiger partial charge on any atom is -0.478 e. The summed E-state index contributed by atoms with van der Waals surface area (Å²) in [5.74, 6) is 2.40. The third-order valence-electron chi connectivity index (χ3n) is 3.84. The Morgan fingerprint density at radius 2 is 2.19 bits per heavy atom. The van der Waals surface area contributed by atoms with Gasteiger partial charge < -0.3 is 15.0 Å². The van der Waals surface area contributed by atoms with Gasteiger partial charge in [0.25, 0.3) is 0 Å². The van der Waals surface area contributed by atoms with Crippen LogP contribution in [0.2, 0.25) is 0 Å². The van der Waals surface area contributed by atoms with E-state index in [2.05, 4.69) is 34.0 Å². The van der Waals surface area contributed by atoms with Crippen molar-refractivity contribution in [3.8, 4) is 5.88 Å². The lowest BCUT2D eigenvalue weighted by Gasteiger charge is -2.34. The van der Waals surface area contributed by atoms with Crippen LogP contribution in [0.4, 0.5) is 5.82 Å². The summed E-state index contributed by atoms with van der Waals surface area (Å²) in [5.41, 5.74) is 0. The van der Waals surface area contributed by atoms with Crippen LogP contribution in [0.5, 0.6) is 5.88 Å². The van der Waals surface area contributed by atoms with Crippen molar-refractivity contribution in [3.63, 3.8) is 0 Å². The van der Waals surface area contributed by atoms with Gasteiger partial charge in [-0.05, 0) is 47.1 Å². The first kappa shape index (κ1) is 16.0. The first-order chi connectivity index (χ1) is 10.1. The standard InChI is InChI=1S/C16H28N4O/c1-5-21-16-10-15(18-13(4)19-16)20(12(2)3)11-14-8-6-7-9-17-14/h10,12,14,17H,5-9,11H2,1-4H3. The largest absolute Gasteiger partial charge is 0.478 e. The van der Waals surface area contributed by atoms with Crippen LogP contribution in [0.15, 0.2) is 6.07 Å². The zero-order chi connectivity index (χ0) is 15.2. The molecule has 2 heterocycles. The molecule has 1 unspecified atom stereocenters. The molecule has 1 aromatic heterocycles. The molecule has 1 atom stereocenters. The molecule has 5 heteroatoms. The number of hydrogen-bond donors (Lipinski definition) is 1. The highest BCUT2D eigenvalue weighted by Gasteiger charge is 2.20. The number of rotatable bonds is 6. The second-order valence-electron chi connectivity index (χ2n) is 5.94. The van der Waals surface area contributed by atoms with Crippen LogP contribution < -0.4 is 15.0 Å². The van der Waals surface area contributed by atoms with Crippen LogP contribution in [0.3, 0.4) is 0 Å². The molecule has 0 spiro atoms. The Morgan fingerprint density at radius 3 is 2.81 bits per heavy atom. The summed E-state index contributed by atoms with van der Waals surface area (Å²) in [6, 6.07) is 2.91. The molecule has 118 valence electrons.